The number of nitrogens with zero attached hydrogens (tertiary/aromatic N) is 3. The predicted octanol–water partition coefficient (Wildman–Crippen LogP) is 2.04. The number of nitrogens with one attached hydrogen (secondary N) is 2. The monoisotopic (exact) mass is 425 g/mol. The second-order valence-electron chi connectivity index (χ2n) is 7.39. The number of ether oxygens (including phenoxy) is 1. The molecular weight excluding hydrogens is 394 g/mol. The number of imidazole rings is 1. The molecule has 0 unspecified atom stereocenters. The molecule has 3 heterocycles. The fourth-order valence-corrected chi connectivity index (χ4v) is 3.43. The van der Waals surface area contributed by atoms with Crippen molar-refractivity contribution in [3.8, 4) is 0 Å². The van der Waals surface area contributed by atoms with E-state index in [0.29, 0.717) is 30.1 Å². The van der Waals surface area contributed by atoms with Crippen molar-refractivity contribution < 1.29 is 14.3 Å². The average molecular weight is 426 g/mol. The summed E-state index contributed by atoms with van der Waals surface area (Å²) in [6.07, 6.45) is 9.84. The van der Waals surface area contributed by atoms with E-state index in [1.807, 2.05) is 12.2 Å². The zero-order valence-corrected chi connectivity index (χ0v) is 17.9. The van der Waals surface area contributed by atoms with Gasteiger partial charge in [-0.1, -0.05) is 30.9 Å². The molecule has 1 saturated heterocycles. The fraction of sp³-hybridized carbons (Fsp3) is 0.435. The minimum atomic E-state index is -0.231. The van der Waals surface area contributed by atoms with E-state index in [-0.39, 0.29) is 11.8 Å². The van der Waals surface area contributed by atoms with Crippen LogP contribution in [0.15, 0.2) is 49.2 Å². The van der Waals surface area contributed by atoms with Gasteiger partial charge in [0.15, 0.2) is 0 Å². The third-order valence-corrected chi connectivity index (χ3v) is 5.10. The molecule has 0 radical (unpaired) electrons. The highest BCUT2D eigenvalue weighted by atomic mass is 16.5. The third-order valence-electron chi connectivity index (χ3n) is 5.10. The molecule has 1 aliphatic rings. The number of pyridine rings is 1. The van der Waals surface area contributed by atoms with Crippen LogP contribution in [-0.2, 0) is 4.74 Å². The Hall–Kier alpha value is -2.97. The molecule has 0 atom stereocenters. The molecule has 2 N–H and O–H groups in total. The number of rotatable bonds is 11. The molecule has 8 heteroatoms. The lowest BCUT2D eigenvalue weighted by Gasteiger charge is -2.26. The first-order valence-corrected chi connectivity index (χ1v) is 10.8. The number of aromatic nitrogens is 2. The fourth-order valence-electron chi connectivity index (χ4n) is 3.43. The van der Waals surface area contributed by atoms with E-state index in [0.717, 1.165) is 52.1 Å². The van der Waals surface area contributed by atoms with Gasteiger partial charge in [0.25, 0.3) is 11.8 Å². The van der Waals surface area contributed by atoms with Crippen molar-refractivity contribution in [3.63, 3.8) is 0 Å². The zero-order chi connectivity index (χ0) is 21.9. The highest BCUT2D eigenvalue weighted by molar-refractivity contribution is 5.95. The van der Waals surface area contributed by atoms with Crippen molar-refractivity contribution in [2.24, 2.45) is 0 Å². The van der Waals surface area contributed by atoms with Gasteiger partial charge < -0.3 is 15.4 Å². The van der Waals surface area contributed by atoms with Crippen molar-refractivity contribution in [3.05, 3.63) is 60.6 Å². The van der Waals surface area contributed by atoms with E-state index in [9.17, 15) is 9.59 Å². The highest BCUT2D eigenvalue weighted by Gasteiger charge is 2.15. The summed E-state index contributed by atoms with van der Waals surface area (Å²) in [5, 5.41) is 5.84. The molecule has 2 amide bonds. The molecule has 0 aliphatic carbocycles. The maximum Gasteiger partial charge on any atom is 0.271 e. The second kappa shape index (κ2) is 12.0. The average Bonchev–Trinajstić information content (AvgIpc) is 3.24. The Balaban J connectivity index is 1.51. The van der Waals surface area contributed by atoms with Crippen LogP contribution in [0.25, 0.3) is 5.65 Å². The zero-order valence-electron chi connectivity index (χ0n) is 17.9. The maximum atomic E-state index is 12.6. The summed E-state index contributed by atoms with van der Waals surface area (Å²) in [4.78, 5) is 31.8. The number of morpholine rings is 1. The molecule has 1 aliphatic heterocycles. The van der Waals surface area contributed by atoms with Gasteiger partial charge in [-0.2, -0.15) is 0 Å². The van der Waals surface area contributed by atoms with Crippen LogP contribution in [-0.4, -0.2) is 72.0 Å². The summed E-state index contributed by atoms with van der Waals surface area (Å²) < 4.78 is 7.00. The summed E-state index contributed by atoms with van der Waals surface area (Å²) in [7, 11) is 0. The topological polar surface area (TPSA) is 88.0 Å². The second-order valence-corrected chi connectivity index (χ2v) is 7.39. The van der Waals surface area contributed by atoms with Crippen LogP contribution in [0, 0.1) is 0 Å². The van der Waals surface area contributed by atoms with Gasteiger partial charge in [0.2, 0.25) is 0 Å². The molecular formula is C23H31N5O3. The quantitative estimate of drug-likeness (QED) is 0.425. The number of unbranched alkanes of at least 4 members (excludes halogenated alkanes) is 1. The van der Waals surface area contributed by atoms with Gasteiger partial charge in [-0.05, 0) is 37.9 Å². The number of fused-ring (bicyclic) bond motifs is 1. The van der Waals surface area contributed by atoms with Crippen molar-refractivity contribution in [1.82, 2.24) is 24.9 Å². The van der Waals surface area contributed by atoms with Crippen LogP contribution in [0.3, 0.4) is 0 Å². The molecule has 8 nitrogen and oxygen atoms in total. The van der Waals surface area contributed by atoms with Crippen LogP contribution in [0.2, 0.25) is 0 Å². The van der Waals surface area contributed by atoms with E-state index in [1.165, 1.54) is 0 Å². The molecule has 3 rings (SSSR count). The number of hydrogen-bond donors (Lipinski definition) is 2. The van der Waals surface area contributed by atoms with Gasteiger partial charge in [-0.25, -0.2) is 4.98 Å². The third kappa shape index (κ3) is 6.77. The lowest BCUT2D eigenvalue weighted by molar-refractivity contribution is 0.0374. The Labute approximate surface area is 183 Å². The molecule has 0 aromatic carbocycles. The van der Waals surface area contributed by atoms with Crippen molar-refractivity contribution >= 4 is 17.5 Å². The molecule has 166 valence electrons. The number of hydrogen-bond acceptors (Lipinski definition) is 5. The lowest BCUT2D eigenvalue weighted by atomic mass is 10.2. The lowest BCUT2D eigenvalue weighted by Crippen LogP contribution is -2.38. The molecule has 1 fully saturated rings. The summed E-state index contributed by atoms with van der Waals surface area (Å²) in [5.41, 5.74) is 1.33. The van der Waals surface area contributed by atoms with E-state index in [1.54, 1.807) is 34.9 Å². The van der Waals surface area contributed by atoms with Crippen LogP contribution in [0.4, 0.5) is 0 Å². The van der Waals surface area contributed by atoms with Gasteiger partial charge in [0, 0.05) is 32.4 Å². The summed E-state index contributed by atoms with van der Waals surface area (Å²) in [5.74, 6) is -0.417. The van der Waals surface area contributed by atoms with Crippen molar-refractivity contribution in [1.29, 1.82) is 0 Å². The maximum absolute atomic E-state index is 12.6. The number of allylic oxidation sites excluding steroid dienone is 3. The summed E-state index contributed by atoms with van der Waals surface area (Å²) in [6.45, 7) is 9.15. The molecule has 0 bridgehead atoms. The molecule has 0 saturated carbocycles. The first kappa shape index (κ1) is 22.7. The minimum absolute atomic E-state index is 0.187. The van der Waals surface area contributed by atoms with Gasteiger partial charge >= 0.3 is 0 Å². The number of carbonyl (C=O) groups excluding carboxylic acids is 2. The summed E-state index contributed by atoms with van der Waals surface area (Å²) >= 11 is 0. The van der Waals surface area contributed by atoms with Gasteiger partial charge in [0.05, 0.1) is 13.2 Å². The Morgan fingerprint density at radius 3 is 2.71 bits per heavy atom. The van der Waals surface area contributed by atoms with E-state index < -0.39 is 0 Å². The van der Waals surface area contributed by atoms with Crippen LogP contribution < -0.4 is 10.6 Å². The first-order chi connectivity index (χ1) is 15.2. The largest absolute Gasteiger partial charge is 0.379 e. The van der Waals surface area contributed by atoms with E-state index in [4.69, 9.17) is 4.74 Å². The van der Waals surface area contributed by atoms with Crippen molar-refractivity contribution in [2.75, 3.05) is 45.9 Å². The van der Waals surface area contributed by atoms with Crippen molar-refractivity contribution in [2.45, 2.75) is 19.3 Å². The van der Waals surface area contributed by atoms with Crippen LogP contribution in [0.1, 0.15) is 40.2 Å². The normalized spacial score (nSPS) is 14.7. The van der Waals surface area contributed by atoms with Gasteiger partial charge in [-0.15, -0.1) is 0 Å². The standard InChI is InChI=1S/C23H31N5O3/c1-2-3-4-5-6-11-25-23(30)20-9-7-10-21-26-19(18-28(20)21)22(29)24-12-8-13-27-14-16-31-17-15-27/h2-4,7,9-10,18H,1,5-6,8,11-17H2,(H,24,29)(H,25,30)/b4-3-. The van der Waals surface area contributed by atoms with Crippen LogP contribution in [0.5, 0.6) is 0 Å². The molecule has 2 aromatic heterocycles. The molecule has 0 spiro atoms. The SMILES string of the molecule is C=C/C=C\CCCNC(=O)c1cccc2nc(C(=O)NCCCN3CCOCC3)cn12. The smallest absolute Gasteiger partial charge is 0.271 e. The number of amides is 2. The molecule has 2 aromatic rings. The highest BCUT2D eigenvalue weighted by Crippen LogP contribution is 2.10. The van der Waals surface area contributed by atoms with Gasteiger partial charge in [-0.3, -0.25) is 18.9 Å². The Bertz CT molecular complexity index is 915. The van der Waals surface area contributed by atoms with E-state index in [2.05, 4.69) is 27.1 Å². The van der Waals surface area contributed by atoms with E-state index >= 15 is 0 Å². The number of carbonyl (C=O) groups is 2. The predicted molar refractivity (Wildman–Crippen MR) is 120 cm³/mol. The first-order valence-electron chi connectivity index (χ1n) is 10.8. The Kier molecular flexibility index (Phi) is 8.81. The molecule has 31 heavy (non-hydrogen) atoms. The minimum Gasteiger partial charge on any atom is -0.379 e. The Morgan fingerprint density at radius 1 is 1.13 bits per heavy atom. The van der Waals surface area contributed by atoms with Crippen LogP contribution >= 0.6 is 0 Å². The Morgan fingerprint density at radius 2 is 1.90 bits per heavy atom. The summed E-state index contributed by atoms with van der Waals surface area (Å²) in [6, 6.07) is 5.28. The van der Waals surface area contributed by atoms with Gasteiger partial charge in [0.1, 0.15) is 17.0 Å².